The van der Waals surface area contributed by atoms with Crippen molar-refractivity contribution in [1.29, 1.82) is 0 Å². The predicted molar refractivity (Wildman–Crippen MR) is 166 cm³/mol. The summed E-state index contributed by atoms with van der Waals surface area (Å²) < 4.78 is 0. The van der Waals surface area contributed by atoms with Crippen LogP contribution in [-0.2, 0) is 0 Å². The van der Waals surface area contributed by atoms with Crippen molar-refractivity contribution in [3.05, 3.63) is 103 Å². The molecular formula is C35H29N5. The Balaban J connectivity index is 1.24. The molecule has 0 radical (unpaired) electrons. The summed E-state index contributed by atoms with van der Waals surface area (Å²) in [5.74, 6) is 2.03. The van der Waals surface area contributed by atoms with Crippen molar-refractivity contribution in [2.75, 3.05) is 31.1 Å². The molecule has 0 aliphatic carbocycles. The Hall–Kier alpha value is -4.77. The summed E-state index contributed by atoms with van der Waals surface area (Å²) in [5.41, 5.74) is 6.36. The number of pyridine rings is 2. The molecule has 1 saturated heterocycles. The highest BCUT2D eigenvalue weighted by atomic mass is 15.4. The van der Waals surface area contributed by atoms with Gasteiger partial charge in [0.2, 0.25) is 5.96 Å². The van der Waals surface area contributed by atoms with Gasteiger partial charge >= 0.3 is 0 Å². The minimum absolute atomic E-state index is 0.890. The third kappa shape index (κ3) is 3.89. The van der Waals surface area contributed by atoms with Gasteiger partial charge < -0.3 is 4.90 Å². The van der Waals surface area contributed by atoms with E-state index in [4.69, 9.17) is 15.0 Å². The van der Waals surface area contributed by atoms with Gasteiger partial charge in [0, 0.05) is 42.5 Å². The molecule has 4 heterocycles. The van der Waals surface area contributed by atoms with E-state index in [0.717, 1.165) is 83.9 Å². The van der Waals surface area contributed by atoms with Crippen molar-refractivity contribution in [1.82, 2.24) is 14.9 Å². The van der Waals surface area contributed by atoms with Crippen LogP contribution in [0.4, 0.5) is 5.82 Å². The summed E-state index contributed by atoms with van der Waals surface area (Å²) in [6.07, 6.45) is 2.24. The van der Waals surface area contributed by atoms with Crippen LogP contribution in [0.3, 0.4) is 0 Å². The lowest BCUT2D eigenvalue weighted by Crippen LogP contribution is -2.52. The summed E-state index contributed by atoms with van der Waals surface area (Å²) in [6.45, 7) is 3.99. The molecular weight excluding hydrogens is 490 g/mol. The van der Waals surface area contributed by atoms with Crippen LogP contribution in [-0.4, -0.2) is 47.0 Å². The molecule has 6 aromatic rings. The first kappa shape index (κ1) is 23.1. The second-order valence-corrected chi connectivity index (χ2v) is 10.7. The maximum absolute atomic E-state index is 5.22. The van der Waals surface area contributed by atoms with Crippen LogP contribution in [0.15, 0.2) is 108 Å². The Morgan fingerprint density at radius 1 is 0.575 bits per heavy atom. The highest BCUT2D eigenvalue weighted by Crippen LogP contribution is 2.33. The van der Waals surface area contributed by atoms with Crippen LogP contribution in [0.5, 0.6) is 0 Å². The van der Waals surface area contributed by atoms with Crippen molar-refractivity contribution in [3.63, 3.8) is 0 Å². The van der Waals surface area contributed by atoms with Gasteiger partial charge in [0.05, 0.1) is 16.7 Å². The molecule has 2 aliphatic rings. The second-order valence-electron chi connectivity index (χ2n) is 10.7. The van der Waals surface area contributed by atoms with E-state index in [1.165, 1.54) is 21.9 Å². The van der Waals surface area contributed by atoms with E-state index in [9.17, 15) is 0 Å². The van der Waals surface area contributed by atoms with Gasteiger partial charge in [-0.25, -0.2) is 9.97 Å². The van der Waals surface area contributed by atoms with Gasteiger partial charge in [-0.15, -0.1) is 0 Å². The second kappa shape index (κ2) is 9.45. The first-order valence-electron chi connectivity index (χ1n) is 14.2. The van der Waals surface area contributed by atoms with Gasteiger partial charge in [-0.05, 0) is 59.0 Å². The number of nitrogens with zero attached hydrogens (tertiary/aromatic N) is 5. The van der Waals surface area contributed by atoms with Crippen LogP contribution < -0.4 is 4.90 Å². The van der Waals surface area contributed by atoms with Crippen LogP contribution >= 0.6 is 0 Å². The first-order chi connectivity index (χ1) is 19.8. The molecule has 5 heteroatoms. The van der Waals surface area contributed by atoms with Crippen LogP contribution in [0.2, 0.25) is 0 Å². The van der Waals surface area contributed by atoms with E-state index < -0.39 is 0 Å². The van der Waals surface area contributed by atoms with Crippen molar-refractivity contribution in [3.8, 4) is 22.4 Å². The number of benzene rings is 4. The zero-order chi connectivity index (χ0) is 26.5. The smallest absolute Gasteiger partial charge is 0.202 e. The summed E-state index contributed by atoms with van der Waals surface area (Å²) >= 11 is 0. The molecule has 8 rings (SSSR count). The Kier molecular flexibility index (Phi) is 5.47. The Labute approximate surface area is 233 Å². The van der Waals surface area contributed by atoms with Gasteiger partial charge in [0.25, 0.3) is 0 Å². The largest absolute Gasteiger partial charge is 0.342 e. The molecule has 1 fully saturated rings. The van der Waals surface area contributed by atoms with Gasteiger partial charge in [0.15, 0.2) is 0 Å². The molecule has 0 amide bonds. The molecule has 0 saturated carbocycles. The number of anilines is 1. The van der Waals surface area contributed by atoms with Crippen LogP contribution in [0.25, 0.3) is 55.0 Å². The lowest BCUT2D eigenvalue weighted by molar-refractivity contribution is 0.359. The van der Waals surface area contributed by atoms with Crippen molar-refractivity contribution in [2.24, 2.45) is 4.99 Å². The van der Waals surface area contributed by atoms with E-state index in [0.29, 0.717) is 0 Å². The Morgan fingerprint density at radius 3 is 2.27 bits per heavy atom. The Morgan fingerprint density at radius 2 is 1.32 bits per heavy atom. The summed E-state index contributed by atoms with van der Waals surface area (Å²) in [6, 6.07) is 36.7. The average Bonchev–Trinajstić information content (AvgIpc) is 3.03. The van der Waals surface area contributed by atoms with E-state index in [2.05, 4.69) is 113 Å². The number of guanidine groups is 1. The lowest BCUT2D eigenvalue weighted by Gasteiger charge is -2.40. The monoisotopic (exact) mass is 519 g/mol. The predicted octanol–water partition coefficient (Wildman–Crippen LogP) is 7.54. The van der Waals surface area contributed by atoms with E-state index >= 15 is 0 Å². The number of hydrogen-bond acceptors (Lipinski definition) is 5. The molecule has 2 aliphatic heterocycles. The maximum atomic E-state index is 5.22. The zero-order valence-electron chi connectivity index (χ0n) is 22.3. The fourth-order valence-electron chi connectivity index (χ4n) is 6.24. The van der Waals surface area contributed by atoms with Gasteiger partial charge in [-0.3, -0.25) is 9.89 Å². The lowest BCUT2D eigenvalue weighted by atomic mass is 9.96. The van der Waals surface area contributed by atoms with Crippen molar-refractivity contribution in [2.45, 2.75) is 12.8 Å². The zero-order valence-corrected chi connectivity index (χ0v) is 22.3. The topological polar surface area (TPSA) is 44.6 Å². The van der Waals surface area contributed by atoms with Gasteiger partial charge in [0.1, 0.15) is 5.82 Å². The summed E-state index contributed by atoms with van der Waals surface area (Å²) in [5, 5.41) is 4.71. The molecule has 4 aromatic carbocycles. The van der Waals surface area contributed by atoms with Crippen molar-refractivity contribution < 1.29 is 0 Å². The number of hydrogen-bond donors (Lipinski definition) is 0. The molecule has 0 N–H and O–H groups in total. The highest BCUT2D eigenvalue weighted by Gasteiger charge is 2.27. The molecule has 0 atom stereocenters. The number of aromatic nitrogens is 2. The van der Waals surface area contributed by atoms with Crippen LogP contribution in [0, 0.1) is 0 Å². The fraction of sp³-hybridized carbons (Fsp3) is 0.171. The highest BCUT2D eigenvalue weighted by molar-refractivity contribution is 6.05. The third-order valence-electron chi connectivity index (χ3n) is 8.21. The standard InChI is InChI=1S/C35H29N5/c1-2-11-29-24(7-1)8-4-12-30(29)27-9-3-10-28(23-27)31-17-15-25-13-14-26-16-18-32(38-34(26)33(25)37-31)40-22-6-21-39-20-5-19-36-35(39)40/h1-4,7-18,23H,5-6,19-22H2. The average molecular weight is 520 g/mol. The molecule has 0 bridgehead atoms. The molecule has 40 heavy (non-hydrogen) atoms. The first-order valence-corrected chi connectivity index (χ1v) is 14.2. The quantitative estimate of drug-likeness (QED) is 0.227. The van der Waals surface area contributed by atoms with Gasteiger partial charge in [-0.2, -0.15) is 0 Å². The molecule has 194 valence electrons. The van der Waals surface area contributed by atoms with E-state index in [-0.39, 0.29) is 0 Å². The number of fused-ring (bicyclic) bond motifs is 5. The van der Waals surface area contributed by atoms with Crippen molar-refractivity contribution >= 4 is 44.4 Å². The molecule has 5 nitrogen and oxygen atoms in total. The summed E-state index contributed by atoms with van der Waals surface area (Å²) in [4.78, 5) is 20.0. The minimum Gasteiger partial charge on any atom is -0.342 e. The minimum atomic E-state index is 0.890. The van der Waals surface area contributed by atoms with Crippen LogP contribution in [0.1, 0.15) is 12.8 Å². The number of rotatable bonds is 3. The van der Waals surface area contributed by atoms with E-state index in [1.54, 1.807) is 0 Å². The summed E-state index contributed by atoms with van der Waals surface area (Å²) in [7, 11) is 0. The third-order valence-corrected chi connectivity index (χ3v) is 8.21. The molecule has 0 unspecified atom stereocenters. The molecule has 0 spiro atoms. The number of aliphatic imine (C=N–C) groups is 1. The van der Waals surface area contributed by atoms with E-state index in [1.807, 2.05) is 0 Å². The van der Waals surface area contributed by atoms with Gasteiger partial charge in [-0.1, -0.05) is 78.9 Å². The SMILES string of the molecule is c1cc(-c2ccc3ccc4ccc(N5CCCN6CCCN=C65)nc4c3n2)cc(-c2cccc3ccccc23)c1. The maximum Gasteiger partial charge on any atom is 0.202 e. The fourth-order valence-corrected chi connectivity index (χ4v) is 6.24. The molecule has 2 aromatic heterocycles. The normalized spacial score (nSPS) is 15.4. The Bertz CT molecular complexity index is 1940.